The summed E-state index contributed by atoms with van der Waals surface area (Å²) in [4.78, 5) is 35.2. The van der Waals surface area contributed by atoms with Crippen molar-refractivity contribution in [3.05, 3.63) is 106 Å². The molecule has 14 heteroatoms. The van der Waals surface area contributed by atoms with E-state index in [0.29, 0.717) is 55.8 Å². The van der Waals surface area contributed by atoms with Gasteiger partial charge >= 0.3 is 22.5 Å². The van der Waals surface area contributed by atoms with Gasteiger partial charge in [0.15, 0.2) is 6.29 Å². The molecule has 0 bridgehead atoms. The summed E-state index contributed by atoms with van der Waals surface area (Å²) in [6.07, 6.45) is 5.16. The number of halogens is 1. The van der Waals surface area contributed by atoms with Crippen molar-refractivity contribution in [2.24, 2.45) is 0 Å². The molecule has 0 fully saturated rings. The Bertz CT molecular complexity index is 2170. The molecule has 0 saturated heterocycles. The van der Waals surface area contributed by atoms with Gasteiger partial charge in [-0.15, -0.1) is 0 Å². The fourth-order valence-corrected chi connectivity index (χ4v) is 3.76. The van der Waals surface area contributed by atoms with E-state index in [0.717, 1.165) is 22.4 Å². The predicted molar refractivity (Wildman–Crippen MR) is 160 cm³/mol. The van der Waals surface area contributed by atoms with Crippen molar-refractivity contribution < 1.29 is 12.5 Å². The number of pyridine rings is 6. The maximum atomic E-state index is 10.5. The van der Waals surface area contributed by atoms with E-state index in [4.69, 9.17) is 35.1 Å². The quantitative estimate of drug-likeness (QED) is 0.169. The molecule has 12 nitrogen and oxygen atoms in total. The number of aromatic nitrogens is 6. The number of fused-ring (bicyclic) bond motifs is 3. The molecule has 0 aliphatic rings. The van der Waals surface area contributed by atoms with Crippen LogP contribution in [0.3, 0.4) is 0 Å². The van der Waals surface area contributed by atoms with E-state index >= 15 is 0 Å². The van der Waals surface area contributed by atoms with Crippen LogP contribution in [0.4, 0.5) is 0 Å². The van der Waals surface area contributed by atoms with Gasteiger partial charge in [0.2, 0.25) is 0 Å². The Labute approximate surface area is 261 Å². The van der Waals surface area contributed by atoms with Gasteiger partial charge in [0.25, 0.3) is 0 Å². The second kappa shape index (κ2) is 16.0. The van der Waals surface area contributed by atoms with Crippen LogP contribution in [0.25, 0.3) is 33.1 Å². The predicted octanol–water partition coefficient (Wildman–Crippen LogP) is 4.97. The summed E-state index contributed by atoms with van der Waals surface area (Å²) in [5, 5.41) is 26.4. The van der Waals surface area contributed by atoms with Crippen molar-refractivity contribution in [3.8, 4) is 18.2 Å². The number of hydrogen-bond donors (Lipinski definition) is 0. The second-order valence-electron chi connectivity index (χ2n) is 8.54. The number of carbonyl (C=O) groups is 1. The number of nitriles is 3. The van der Waals surface area contributed by atoms with Crippen LogP contribution in [0.1, 0.15) is 38.6 Å². The molecule has 6 aromatic rings. The van der Waals surface area contributed by atoms with Gasteiger partial charge in [-0.05, 0) is 62.4 Å². The summed E-state index contributed by atoms with van der Waals surface area (Å²) in [5.41, 5.74) is 7.61. The topological polar surface area (TPSA) is 200 Å². The van der Waals surface area contributed by atoms with Crippen LogP contribution in [-0.4, -0.2) is 51.0 Å². The Morgan fingerprint density at radius 3 is 1.73 bits per heavy atom. The monoisotopic (exact) mass is 667 g/mol. The first kappa shape index (κ1) is 32.7. The first-order chi connectivity index (χ1) is 21.3. The zero-order chi connectivity index (χ0) is 32.1. The molecule has 0 amide bonds. The third-order valence-electron chi connectivity index (χ3n) is 5.53. The summed E-state index contributed by atoms with van der Waals surface area (Å²) < 4.78 is 16.9. The van der Waals surface area contributed by atoms with E-state index in [1.54, 1.807) is 30.5 Å². The molecule has 0 radical (unpaired) electrons. The molecule has 6 aromatic heterocycles. The average Bonchev–Trinajstić information content (AvgIpc) is 3.05. The molecule has 0 aliphatic heterocycles. The summed E-state index contributed by atoms with van der Waals surface area (Å²) in [6, 6.07) is 20.1. The van der Waals surface area contributed by atoms with E-state index in [9.17, 15) is 4.79 Å². The normalized spacial score (nSPS) is 9.45. The van der Waals surface area contributed by atoms with Crippen molar-refractivity contribution in [3.63, 3.8) is 0 Å². The van der Waals surface area contributed by atoms with Crippen LogP contribution in [0, 0.1) is 47.8 Å². The minimum atomic E-state index is -1.62. The molecule has 0 unspecified atom stereocenters. The van der Waals surface area contributed by atoms with E-state index < -0.39 is 14.8 Å². The van der Waals surface area contributed by atoms with Gasteiger partial charge in [0, 0.05) is 30.0 Å². The Hall–Kier alpha value is -5.77. The van der Waals surface area contributed by atoms with Gasteiger partial charge < -0.3 is 0 Å². The van der Waals surface area contributed by atoms with E-state index in [1.165, 1.54) is 12.4 Å². The molecule has 0 atom stereocenters. The molecule has 214 valence electrons. The zero-order valence-electron chi connectivity index (χ0n) is 23.0. The standard InChI is InChI=1S/C10H6ClN3.C10H5N3O.C10H7N3.O2Se/c1-6-2-3-8-10(14-6)9(11)7(4-12)5-13-8;11-4-7-3-10-9(12-5-7)2-1-8(6-14)13-10;1-7-2-3-9-10(13-7)4-8(5-11)6-12-9;1-3-2/h2-3,5H,1H3;1-3,5-6H;2-4,6H,1H3;. The van der Waals surface area contributed by atoms with Crippen molar-refractivity contribution in [1.29, 1.82) is 15.8 Å². The summed E-state index contributed by atoms with van der Waals surface area (Å²) in [6.45, 7) is 3.79. The van der Waals surface area contributed by atoms with Crippen LogP contribution in [0.2, 0.25) is 5.02 Å². The number of aldehydes is 1. The molecule has 0 aliphatic carbocycles. The summed E-state index contributed by atoms with van der Waals surface area (Å²) in [7, 11) is 0. The van der Waals surface area contributed by atoms with Gasteiger partial charge in [-0.3, -0.25) is 24.7 Å². The fraction of sp³-hybridized carbons (Fsp3) is 0.0667. The summed E-state index contributed by atoms with van der Waals surface area (Å²) >= 11 is 4.36. The molecular weight excluding hydrogens is 649 g/mol. The molecule has 0 N–H and O–H groups in total. The third-order valence-corrected chi connectivity index (χ3v) is 5.91. The maximum absolute atomic E-state index is 10.5. The van der Waals surface area contributed by atoms with E-state index in [2.05, 4.69) is 29.9 Å². The molecule has 6 heterocycles. The Morgan fingerprint density at radius 2 is 1.18 bits per heavy atom. The van der Waals surface area contributed by atoms with Gasteiger partial charge in [-0.1, -0.05) is 11.6 Å². The first-order valence-electron chi connectivity index (χ1n) is 12.3. The van der Waals surface area contributed by atoms with E-state index in [1.807, 2.05) is 56.3 Å². The first-order valence-corrected chi connectivity index (χ1v) is 14.0. The molecular formula is C30H18ClN9O3Se. The zero-order valence-corrected chi connectivity index (χ0v) is 25.4. The minimum absolute atomic E-state index is 0.342. The number of rotatable bonds is 1. The second-order valence-corrected chi connectivity index (χ2v) is 9.20. The Balaban J connectivity index is 0.000000173. The molecule has 0 spiro atoms. The van der Waals surface area contributed by atoms with Crippen LogP contribution in [0.5, 0.6) is 0 Å². The van der Waals surface area contributed by atoms with Gasteiger partial charge in [-0.25, -0.2) is 9.97 Å². The van der Waals surface area contributed by atoms with Crippen LogP contribution < -0.4 is 0 Å². The molecule has 44 heavy (non-hydrogen) atoms. The van der Waals surface area contributed by atoms with Crippen molar-refractivity contribution >= 4 is 65.8 Å². The molecule has 0 aromatic carbocycles. The van der Waals surface area contributed by atoms with Gasteiger partial charge in [0.1, 0.15) is 29.4 Å². The van der Waals surface area contributed by atoms with Crippen molar-refractivity contribution in [2.75, 3.05) is 0 Å². The SMILES string of the molecule is Cc1ccc2ncc(C#N)c(Cl)c2n1.Cc1ccc2ncc(C#N)cc2n1.N#Cc1cnc2ccc(C=O)nc2c1.O=[Se]=O. The Morgan fingerprint density at radius 1 is 0.682 bits per heavy atom. The fourth-order valence-electron chi connectivity index (χ4n) is 3.53. The Kier molecular flexibility index (Phi) is 11.9. The number of aryl methyl sites for hydroxylation is 2. The van der Waals surface area contributed by atoms with Gasteiger partial charge in [0.05, 0.1) is 49.3 Å². The average molecular weight is 667 g/mol. The number of carbonyl (C=O) groups excluding carboxylic acids is 1. The summed E-state index contributed by atoms with van der Waals surface area (Å²) in [5.74, 6) is 0. The third kappa shape index (κ3) is 8.62. The van der Waals surface area contributed by atoms with Crippen LogP contribution >= 0.6 is 11.6 Å². The number of hydrogen-bond acceptors (Lipinski definition) is 12. The molecule has 0 saturated carbocycles. The van der Waals surface area contributed by atoms with Crippen molar-refractivity contribution in [1.82, 2.24) is 29.9 Å². The van der Waals surface area contributed by atoms with Crippen LogP contribution in [0.15, 0.2) is 67.1 Å². The molecule has 6 rings (SSSR count). The van der Waals surface area contributed by atoms with Gasteiger partial charge in [-0.2, -0.15) is 15.8 Å². The van der Waals surface area contributed by atoms with Crippen LogP contribution in [-0.2, 0) is 7.67 Å². The van der Waals surface area contributed by atoms with Crippen molar-refractivity contribution in [2.45, 2.75) is 13.8 Å². The van der Waals surface area contributed by atoms with E-state index in [-0.39, 0.29) is 0 Å². The number of nitrogens with zero attached hydrogens (tertiary/aromatic N) is 9.